The molecule has 1 aliphatic rings. The highest BCUT2D eigenvalue weighted by Gasteiger charge is 2.15. The molecule has 6 heteroatoms. The van der Waals surface area contributed by atoms with E-state index in [-0.39, 0.29) is 0 Å². The van der Waals surface area contributed by atoms with E-state index in [9.17, 15) is 0 Å². The number of nitrogens with two attached hydrogens (primary N) is 1. The normalized spacial score (nSPS) is 18.3. The molecule has 1 aromatic carbocycles. The van der Waals surface area contributed by atoms with Crippen LogP contribution in [0.25, 0.3) is 11.1 Å². The lowest BCUT2D eigenvalue weighted by Crippen LogP contribution is -2.46. The molecule has 0 aliphatic carbocycles. The Morgan fingerprint density at radius 2 is 2.06 bits per heavy atom. The third-order valence-corrected chi connectivity index (χ3v) is 3.17. The van der Waals surface area contributed by atoms with Crippen LogP contribution >= 0.6 is 0 Å². The Hall–Kier alpha value is -1.79. The van der Waals surface area contributed by atoms with Crippen LogP contribution in [0.2, 0.25) is 0 Å². The predicted octanol–water partition coefficient (Wildman–Crippen LogP) is 0.984. The van der Waals surface area contributed by atoms with E-state index < -0.39 is 0 Å². The van der Waals surface area contributed by atoms with Gasteiger partial charge in [-0.15, -0.1) is 0 Å². The van der Waals surface area contributed by atoms with Gasteiger partial charge in [-0.1, -0.05) is 0 Å². The Balaban J connectivity index is 1.74. The van der Waals surface area contributed by atoms with Crippen LogP contribution in [0.5, 0.6) is 0 Å². The molecule has 1 aliphatic heterocycles. The fourth-order valence-electron chi connectivity index (χ4n) is 2.05. The second-order valence-electron chi connectivity index (χ2n) is 4.65. The summed E-state index contributed by atoms with van der Waals surface area (Å²) in [5, 5.41) is 2.12. The van der Waals surface area contributed by atoms with Gasteiger partial charge >= 0.3 is 6.01 Å². The minimum absolute atomic E-state index is 0.528. The van der Waals surface area contributed by atoms with Gasteiger partial charge < -0.3 is 15.1 Å². The van der Waals surface area contributed by atoms with E-state index in [0.717, 1.165) is 37.3 Å². The number of likely N-dealkylation sites (N-methyl/N-ethyl adjacent to an activating group) is 1. The van der Waals surface area contributed by atoms with E-state index >= 15 is 0 Å². The molecule has 96 valence electrons. The number of hydrogen-bond donors (Lipinski definition) is 2. The van der Waals surface area contributed by atoms with Gasteiger partial charge in [0.05, 0.1) is 0 Å². The summed E-state index contributed by atoms with van der Waals surface area (Å²) in [4.78, 5) is 6.67. The van der Waals surface area contributed by atoms with Gasteiger partial charge in [0.15, 0.2) is 5.58 Å². The summed E-state index contributed by atoms with van der Waals surface area (Å²) in [6, 6.07) is 5.99. The number of nitrogen functional groups attached to an aromatic ring is 1. The molecule has 3 N–H and O–H groups in total. The molecule has 2 heterocycles. The second-order valence-corrected chi connectivity index (χ2v) is 4.65. The van der Waals surface area contributed by atoms with Gasteiger partial charge in [-0.05, 0) is 25.2 Å². The third kappa shape index (κ3) is 2.25. The Kier molecular flexibility index (Phi) is 2.81. The largest absolute Gasteiger partial charge is 0.423 e. The average molecular weight is 247 g/mol. The molecule has 18 heavy (non-hydrogen) atoms. The summed E-state index contributed by atoms with van der Waals surface area (Å²) in [7, 11) is 2.12. The van der Waals surface area contributed by atoms with Gasteiger partial charge in [-0.3, -0.25) is 5.43 Å². The average Bonchev–Trinajstić information content (AvgIpc) is 2.73. The molecule has 0 bridgehead atoms. The fraction of sp³-hybridized carbons (Fsp3) is 0.417. The van der Waals surface area contributed by atoms with Crippen molar-refractivity contribution in [1.82, 2.24) is 14.9 Å². The fourth-order valence-corrected chi connectivity index (χ4v) is 2.05. The van der Waals surface area contributed by atoms with Gasteiger partial charge in [-0.25, -0.2) is 5.01 Å². The van der Waals surface area contributed by atoms with Crippen molar-refractivity contribution in [3.63, 3.8) is 0 Å². The number of nitrogens with zero attached hydrogens (tertiary/aromatic N) is 3. The highest BCUT2D eigenvalue weighted by molar-refractivity contribution is 5.78. The lowest BCUT2D eigenvalue weighted by Gasteiger charge is -2.31. The Bertz CT molecular complexity index is 544. The number of fused-ring (bicyclic) bond motifs is 1. The minimum Gasteiger partial charge on any atom is -0.423 e. The highest BCUT2D eigenvalue weighted by Crippen LogP contribution is 2.21. The lowest BCUT2D eigenvalue weighted by molar-refractivity contribution is 0.175. The first-order valence-electron chi connectivity index (χ1n) is 6.07. The van der Waals surface area contributed by atoms with Crippen LogP contribution in [0.15, 0.2) is 22.6 Å². The van der Waals surface area contributed by atoms with Crippen molar-refractivity contribution in [1.29, 1.82) is 0 Å². The van der Waals surface area contributed by atoms with Crippen LogP contribution in [0.4, 0.5) is 11.7 Å². The molecule has 0 saturated carbocycles. The van der Waals surface area contributed by atoms with Gasteiger partial charge in [-0.2, -0.15) is 4.98 Å². The molecular formula is C12H17N5O. The molecule has 1 saturated heterocycles. The molecule has 0 atom stereocenters. The number of hydrazine groups is 1. The number of oxazole rings is 1. The van der Waals surface area contributed by atoms with E-state index in [0.29, 0.717) is 11.7 Å². The van der Waals surface area contributed by atoms with Crippen LogP contribution in [0.3, 0.4) is 0 Å². The second kappa shape index (κ2) is 4.47. The molecule has 3 rings (SSSR count). The van der Waals surface area contributed by atoms with Crippen molar-refractivity contribution >= 4 is 22.8 Å². The topological polar surface area (TPSA) is 70.6 Å². The lowest BCUT2D eigenvalue weighted by atomic mass is 10.3. The van der Waals surface area contributed by atoms with Gasteiger partial charge in [0.25, 0.3) is 0 Å². The van der Waals surface area contributed by atoms with Gasteiger partial charge in [0.1, 0.15) is 5.52 Å². The summed E-state index contributed by atoms with van der Waals surface area (Å²) < 4.78 is 5.62. The monoisotopic (exact) mass is 247 g/mol. The van der Waals surface area contributed by atoms with Crippen molar-refractivity contribution in [2.45, 2.75) is 0 Å². The van der Waals surface area contributed by atoms with Crippen LogP contribution in [-0.4, -0.2) is 48.1 Å². The predicted molar refractivity (Wildman–Crippen MR) is 71.1 cm³/mol. The molecular weight excluding hydrogens is 230 g/mol. The number of benzene rings is 1. The number of aromatic nitrogens is 1. The minimum atomic E-state index is 0.528. The van der Waals surface area contributed by atoms with E-state index in [4.69, 9.17) is 10.2 Å². The quantitative estimate of drug-likeness (QED) is 0.771. The van der Waals surface area contributed by atoms with Crippen LogP contribution in [0.1, 0.15) is 0 Å². The number of anilines is 2. The highest BCUT2D eigenvalue weighted by atomic mass is 16.4. The van der Waals surface area contributed by atoms with E-state index in [1.807, 2.05) is 18.2 Å². The van der Waals surface area contributed by atoms with Crippen LogP contribution < -0.4 is 11.2 Å². The first-order chi connectivity index (χ1) is 8.70. The Labute approximate surface area is 105 Å². The smallest absolute Gasteiger partial charge is 0.310 e. The zero-order valence-corrected chi connectivity index (χ0v) is 10.4. The van der Waals surface area contributed by atoms with Crippen molar-refractivity contribution in [2.75, 3.05) is 44.4 Å². The Morgan fingerprint density at radius 1 is 1.28 bits per heavy atom. The Morgan fingerprint density at radius 3 is 2.83 bits per heavy atom. The number of hydrogen-bond acceptors (Lipinski definition) is 6. The summed E-state index contributed by atoms with van der Waals surface area (Å²) in [6.07, 6.45) is 0. The summed E-state index contributed by atoms with van der Waals surface area (Å²) >= 11 is 0. The number of nitrogens with one attached hydrogen (secondary N) is 1. The maximum atomic E-state index is 5.71. The standard InChI is InChI=1S/C12H17N5O/c1-16-4-6-17(7-5-16)15-12-14-10-8-9(13)2-3-11(10)18-12/h2-3,8H,4-7,13H2,1H3,(H,14,15). The molecule has 0 amide bonds. The summed E-state index contributed by atoms with van der Waals surface area (Å²) in [5.74, 6) is 0. The molecule has 1 aromatic heterocycles. The van der Waals surface area contributed by atoms with Crippen LogP contribution in [-0.2, 0) is 0 Å². The molecule has 1 fully saturated rings. The van der Waals surface area contributed by atoms with Crippen molar-refractivity contribution in [2.24, 2.45) is 0 Å². The molecule has 6 nitrogen and oxygen atoms in total. The number of piperazine rings is 1. The molecule has 2 aromatic rings. The third-order valence-electron chi connectivity index (χ3n) is 3.17. The van der Waals surface area contributed by atoms with Crippen molar-refractivity contribution in [3.8, 4) is 0 Å². The summed E-state index contributed by atoms with van der Waals surface area (Å²) in [6.45, 7) is 4.00. The zero-order valence-electron chi connectivity index (χ0n) is 10.4. The molecule has 0 radical (unpaired) electrons. The maximum absolute atomic E-state index is 5.71. The SMILES string of the molecule is CN1CCN(Nc2nc3cc(N)ccc3o2)CC1. The zero-order chi connectivity index (χ0) is 12.5. The van der Waals surface area contributed by atoms with Gasteiger partial charge in [0, 0.05) is 31.9 Å². The van der Waals surface area contributed by atoms with Crippen LogP contribution in [0, 0.1) is 0 Å². The first kappa shape index (κ1) is 11.3. The van der Waals surface area contributed by atoms with E-state index in [1.165, 1.54) is 0 Å². The molecule has 0 spiro atoms. The first-order valence-corrected chi connectivity index (χ1v) is 6.07. The van der Waals surface area contributed by atoms with E-state index in [1.54, 1.807) is 0 Å². The van der Waals surface area contributed by atoms with Gasteiger partial charge in [0.2, 0.25) is 0 Å². The molecule has 0 unspecified atom stereocenters. The van der Waals surface area contributed by atoms with Crippen molar-refractivity contribution in [3.05, 3.63) is 18.2 Å². The summed E-state index contributed by atoms with van der Waals surface area (Å²) in [5.41, 5.74) is 11.1. The van der Waals surface area contributed by atoms with Crippen molar-refractivity contribution < 1.29 is 4.42 Å². The number of rotatable bonds is 2. The maximum Gasteiger partial charge on any atom is 0.310 e. The van der Waals surface area contributed by atoms with E-state index in [2.05, 4.69) is 27.4 Å².